The van der Waals surface area contributed by atoms with Crippen LogP contribution in [0.25, 0.3) is 0 Å². The van der Waals surface area contributed by atoms with Crippen molar-refractivity contribution in [2.75, 3.05) is 13.1 Å². The van der Waals surface area contributed by atoms with E-state index in [1.807, 2.05) is 4.68 Å². The normalized spacial score (nSPS) is 26.6. The van der Waals surface area contributed by atoms with Crippen LogP contribution in [-0.2, 0) is 6.54 Å². The number of nitrogens with two attached hydrogens (primary N) is 1. The van der Waals surface area contributed by atoms with Crippen LogP contribution in [-0.4, -0.2) is 33.8 Å². The van der Waals surface area contributed by atoms with Crippen LogP contribution in [0, 0.1) is 5.92 Å². The maximum Gasteiger partial charge on any atom is 0.0764 e. The second-order valence-corrected chi connectivity index (χ2v) is 5.55. The SMILES string of the molecule is CC1CN(Cc2ccn(C(C)C)n2)CCC1N. The molecule has 4 heteroatoms. The average molecular weight is 236 g/mol. The minimum Gasteiger partial charge on any atom is -0.327 e. The molecule has 2 N–H and O–H groups in total. The Bertz CT molecular complexity index is 358. The van der Waals surface area contributed by atoms with E-state index in [0.717, 1.165) is 26.1 Å². The third-order valence-corrected chi connectivity index (χ3v) is 3.63. The molecule has 0 radical (unpaired) electrons. The van der Waals surface area contributed by atoms with Gasteiger partial charge in [0.1, 0.15) is 0 Å². The number of hydrogen-bond donors (Lipinski definition) is 1. The number of rotatable bonds is 3. The molecule has 17 heavy (non-hydrogen) atoms. The summed E-state index contributed by atoms with van der Waals surface area (Å²) < 4.78 is 2.02. The fourth-order valence-corrected chi connectivity index (χ4v) is 2.37. The topological polar surface area (TPSA) is 47.1 Å². The van der Waals surface area contributed by atoms with E-state index in [2.05, 4.69) is 43.0 Å². The highest BCUT2D eigenvalue weighted by atomic mass is 15.3. The predicted molar refractivity (Wildman–Crippen MR) is 69.6 cm³/mol. The lowest BCUT2D eigenvalue weighted by molar-refractivity contribution is 0.156. The number of aromatic nitrogens is 2. The van der Waals surface area contributed by atoms with E-state index in [1.165, 1.54) is 5.69 Å². The third kappa shape index (κ3) is 3.07. The van der Waals surface area contributed by atoms with Gasteiger partial charge in [-0.2, -0.15) is 5.10 Å². The van der Waals surface area contributed by atoms with Crippen LogP contribution in [0.4, 0.5) is 0 Å². The van der Waals surface area contributed by atoms with E-state index in [0.29, 0.717) is 18.0 Å². The molecule has 0 bridgehead atoms. The summed E-state index contributed by atoms with van der Waals surface area (Å²) in [6.45, 7) is 9.69. The molecule has 1 aromatic heterocycles. The van der Waals surface area contributed by atoms with Crippen LogP contribution in [0.5, 0.6) is 0 Å². The van der Waals surface area contributed by atoms with E-state index in [-0.39, 0.29) is 0 Å². The monoisotopic (exact) mass is 236 g/mol. The van der Waals surface area contributed by atoms with E-state index in [1.54, 1.807) is 0 Å². The first-order valence-electron chi connectivity index (χ1n) is 6.58. The Morgan fingerprint density at radius 1 is 1.53 bits per heavy atom. The molecule has 1 saturated heterocycles. The summed E-state index contributed by atoms with van der Waals surface area (Å²) in [6.07, 6.45) is 3.17. The first kappa shape index (κ1) is 12.6. The zero-order chi connectivity index (χ0) is 12.4. The largest absolute Gasteiger partial charge is 0.327 e. The molecule has 2 rings (SSSR count). The average Bonchev–Trinajstić information content (AvgIpc) is 2.72. The van der Waals surface area contributed by atoms with Crippen LogP contribution < -0.4 is 5.73 Å². The summed E-state index contributed by atoms with van der Waals surface area (Å²) in [5.74, 6) is 0.593. The maximum absolute atomic E-state index is 6.03. The van der Waals surface area contributed by atoms with Crippen molar-refractivity contribution in [2.24, 2.45) is 11.7 Å². The second kappa shape index (κ2) is 5.19. The van der Waals surface area contributed by atoms with Gasteiger partial charge in [0.25, 0.3) is 0 Å². The van der Waals surface area contributed by atoms with Gasteiger partial charge in [0, 0.05) is 37.9 Å². The Kier molecular flexibility index (Phi) is 3.84. The Hall–Kier alpha value is -0.870. The zero-order valence-electron chi connectivity index (χ0n) is 11.1. The summed E-state index contributed by atoms with van der Waals surface area (Å²) in [5.41, 5.74) is 7.20. The zero-order valence-corrected chi connectivity index (χ0v) is 11.1. The lowest BCUT2D eigenvalue weighted by Crippen LogP contribution is -2.45. The molecular formula is C13H24N4. The molecule has 1 aromatic rings. The van der Waals surface area contributed by atoms with Gasteiger partial charge in [-0.15, -0.1) is 0 Å². The molecule has 2 atom stereocenters. The summed E-state index contributed by atoms with van der Waals surface area (Å²) >= 11 is 0. The number of nitrogens with zero attached hydrogens (tertiary/aromatic N) is 3. The quantitative estimate of drug-likeness (QED) is 0.867. The van der Waals surface area contributed by atoms with Crippen molar-refractivity contribution in [2.45, 2.75) is 45.8 Å². The van der Waals surface area contributed by atoms with Crippen molar-refractivity contribution < 1.29 is 0 Å². The van der Waals surface area contributed by atoms with Crippen LogP contribution in [0.1, 0.15) is 38.9 Å². The van der Waals surface area contributed by atoms with Gasteiger partial charge < -0.3 is 5.73 Å². The van der Waals surface area contributed by atoms with E-state index in [9.17, 15) is 0 Å². The summed E-state index contributed by atoms with van der Waals surface area (Å²) in [5, 5.41) is 4.59. The fraction of sp³-hybridized carbons (Fsp3) is 0.769. The lowest BCUT2D eigenvalue weighted by Gasteiger charge is -2.34. The first-order valence-corrected chi connectivity index (χ1v) is 6.58. The molecule has 2 heterocycles. The standard InChI is InChI=1S/C13H24N4/c1-10(2)17-7-4-12(15-17)9-16-6-5-13(14)11(3)8-16/h4,7,10-11,13H,5-6,8-9,14H2,1-3H3. The molecule has 1 fully saturated rings. The lowest BCUT2D eigenvalue weighted by atomic mass is 9.95. The molecule has 4 nitrogen and oxygen atoms in total. The molecule has 1 aliphatic heterocycles. The van der Waals surface area contributed by atoms with E-state index < -0.39 is 0 Å². The molecule has 0 saturated carbocycles. The number of piperidine rings is 1. The summed E-state index contributed by atoms with van der Waals surface area (Å²) in [6, 6.07) is 2.94. The van der Waals surface area contributed by atoms with Crippen LogP contribution in [0.3, 0.4) is 0 Å². The fourth-order valence-electron chi connectivity index (χ4n) is 2.37. The van der Waals surface area contributed by atoms with Crippen LogP contribution in [0.15, 0.2) is 12.3 Å². The Labute approximate surface area is 104 Å². The molecular weight excluding hydrogens is 212 g/mol. The van der Waals surface area contributed by atoms with E-state index >= 15 is 0 Å². The van der Waals surface area contributed by atoms with E-state index in [4.69, 9.17) is 5.73 Å². The minimum atomic E-state index is 0.375. The van der Waals surface area contributed by atoms with Gasteiger partial charge in [0.15, 0.2) is 0 Å². The van der Waals surface area contributed by atoms with Crippen molar-refractivity contribution in [1.29, 1.82) is 0 Å². The predicted octanol–water partition coefficient (Wildman–Crippen LogP) is 1.63. The van der Waals surface area contributed by atoms with Crippen LogP contribution >= 0.6 is 0 Å². The molecule has 0 aromatic carbocycles. The summed E-state index contributed by atoms with van der Waals surface area (Å²) in [7, 11) is 0. The van der Waals surface area contributed by atoms with Gasteiger partial charge in [-0.25, -0.2) is 0 Å². The maximum atomic E-state index is 6.03. The van der Waals surface area contributed by atoms with Gasteiger partial charge in [0.2, 0.25) is 0 Å². The Balaban J connectivity index is 1.92. The molecule has 0 spiro atoms. The van der Waals surface area contributed by atoms with Crippen molar-refractivity contribution in [3.8, 4) is 0 Å². The van der Waals surface area contributed by atoms with Gasteiger partial charge in [-0.05, 0) is 32.3 Å². The van der Waals surface area contributed by atoms with Crippen molar-refractivity contribution in [1.82, 2.24) is 14.7 Å². The number of likely N-dealkylation sites (tertiary alicyclic amines) is 1. The first-order chi connectivity index (χ1) is 8.06. The number of hydrogen-bond acceptors (Lipinski definition) is 3. The van der Waals surface area contributed by atoms with Crippen molar-refractivity contribution >= 4 is 0 Å². The van der Waals surface area contributed by atoms with Crippen LogP contribution in [0.2, 0.25) is 0 Å². The Morgan fingerprint density at radius 3 is 2.88 bits per heavy atom. The van der Waals surface area contributed by atoms with Gasteiger partial charge in [0.05, 0.1) is 5.69 Å². The van der Waals surface area contributed by atoms with Gasteiger partial charge in [-0.1, -0.05) is 6.92 Å². The second-order valence-electron chi connectivity index (χ2n) is 5.55. The van der Waals surface area contributed by atoms with Crippen molar-refractivity contribution in [3.05, 3.63) is 18.0 Å². The minimum absolute atomic E-state index is 0.375. The highest BCUT2D eigenvalue weighted by Gasteiger charge is 2.23. The molecule has 0 aliphatic carbocycles. The van der Waals surface area contributed by atoms with Gasteiger partial charge in [-0.3, -0.25) is 9.58 Å². The molecule has 2 unspecified atom stereocenters. The highest BCUT2D eigenvalue weighted by molar-refractivity contribution is 5.00. The summed E-state index contributed by atoms with van der Waals surface area (Å²) in [4.78, 5) is 2.46. The third-order valence-electron chi connectivity index (χ3n) is 3.63. The van der Waals surface area contributed by atoms with Crippen molar-refractivity contribution in [3.63, 3.8) is 0 Å². The molecule has 0 amide bonds. The smallest absolute Gasteiger partial charge is 0.0764 e. The van der Waals surface area contributed by atoms with Gasteiger partial charge >= 0.3 is 0 Å². The highest BCUT2D eigenvalue weighted by Crippen LogP contribution is 2.17. The molecule has 1 aliphatic rings. The Morgan fingerprint density at radius 2 is 2.29 bits per heavy atom. The molecule has 96 valence electrons.